The van der Waals surface area contributed by atoms with E-state index in [1.165, 1.54) is 51.4 Å². The second kappa shape index (κ2) is 7.39. The molecule has 3 fully saturated rings. The van der Waals surface area contributed by atoms with E-state index < -0.39 is 0 Å². The maximum absolute atomic E-state index is 10.7. The molecule has 0 radical (unpaired) electrons. The normalized spacial score (nSPS) is 46.8. The molecule has 0 spiro atoms. The fourth-order valence-corrected chi connectivity index (χ4v) is 8.33. The van der Waals surface area contributed by atoms with Crippen molar-refractivity contribution in [2.24, 2.45) is 34.5 Å². The van der Waals surface area contributed by atoms with Gasteiger partial charge in [0.1, 0.15) is 0 Å². The third-order valence-corrected chi connectivity index (χ3v) is 10.3. The van der Waals surface area contributed by atoms with Gasteiger partial charge in [0.05, 0.1) is 0 Å². The molecule has 0 amide bonds. The molecule has 4 rings (SSSR count). The van der Waals surface area contributed by atoms with Gasteiger partial charge >= 0.3 is 0 Å². The minimum Gasteiger partial charge on any atom is -0.396 e. The van der Waals surface area contributed by atoms with Gasteiger partial charge in [-0.3, -0.25) is 0 Å². The van der Waals surface area contributed by atoms with Crippen molar-refractivity contribution in [3.05, 3.63) is 11.6 Å². The van der Waals surface area contributed by atoms with E-state index in [0.29, 0.717) is 24.0 Å². The van der Waals surface area contributed by atoms with E-state index in [-0.39, 0.29) is 5.41 Å². The number of aliphatic hydroxyl groups excluding tert-OH is 1. The van der Waals surface area contributed by atoms with Crippen LogP contribution in [0.25, 0.3) is 0 Å². The summed E-state index contributed by atoms with van der Waals surface area (Å²) in [4.78, 5) is 4.83. The Hall–Kier alpha value is -0.380. The molecule has 0 aliphatic heterocycles. The zero-order valence-electron chi connectivity index (χ0n) is 19.2. The average molecular weight is 389 g/mol. The van der Waals surface area contributed by atoms with E-state index in [2.05, 4.69) is 57.9 Å². The van der Waals surface area contributed by atoms with Crippen molar-refractivity contribution in [2.45, 2.75) is 77.3 Å². The van der Waals surface area contributed by atoms with Crippen molar-refractivity contribution < 1.29 is 5.11 Å². The summed E-state index contributed by atoms with van der Waals surface area (Å²) < 4.78 is 0. The van der Waals surface area contributed by atoms with Crippen molar-refractivity contribution in [2.75, 3.05) is 34.8 Å². The van der Waals surface area contributed by atoms with Crippen LogP contribution >= 0.6 is 0 Å². The van der Waals surface area contributed by atoms with Crippen LogP contribution < -0.4 is 0 Å². The molecule has 3 heteroatoms. The predicted octanol–water partition coefficient (Wildman–Crippen LogP) is 4.42. The van der Waals surface area contributed by atoms with Gasteiger partial charge in [-0.05, 0) is 116 Å². The maximum Gasteiger partial charge on any atom is 0.0493 e. The van der Waals surface area contributed by atoms with Crippen LogP contribution in [0.5, 0.6) is 0 Å². The number of nitrogens with zero attached hydrogens (tertiary/aromatic N) is 2. The molecular formula is C25H44N2O. The SMILES string of the molecule is CC(C1CCC2C3CC=C4CC(N(C)C)CCC4(C)C3CCC21CO)N(C)C. The molecule has 3 saturated carbocycles. The lowest BCUT2D eigenvalue weighted by Crippen LogP contribution is -2.54. The zero-order chi connectivity index (χ0) is 20.3. The summed E-state index contributed by atoms with van der Waals surface area (Å²) in [6, 6.07) is 1.29. The van der Waals surface area contributed by atoms with Gasteiger partial charge < -0.3 is 14.9 Å². The molecule has 0 aromatic heterocycles. The highest BCUT2D eigenvalue weighted by atomic mass is 16.3. The molecule has 28 heavy (non-hydrogen) atoms. The first-order chi connectivity index (χ1) is 13.2. The average Bonchev–Trinajstić information content (AvgIpc) is 3.06. The highest BCUT2D eigenvalue weighted by molar-refractivity contribution is 5.26. The number of aliphatic hydroxyl groups is 1. The lowest BCUT2D eigenvalue weighted by atomic mass is 9.46. The summed E-state index contributed by atoms with van der Waals surface area (Å²) in [5.74, 6) is 3.02. The quantitative estimate of drug-likeness (QED) is 0.722. The van der Waals surface area contributed by atoms with Gasteiger partial charge in [-0.1, -0.05) is 18.6 Å². The maximum atomic E-state index is 10.7. The Morgan fingerprint density at radius 1 is 1.07 bits per heavy atom. The van der Waals surface area contributed by atoms with E-state index >= 15 is 0 Å². The highest BCUT2D eigenvalue weighted by Crippen LogP contribution is 2.66. The topological polar surface area (TPSA) is 26.7 Å². The minimum atomic E-state index is 0.174. The van der Waals surface area contributed by atoms with Crippen molar-refractivity contribution in [1.29, 1.82) is 0 Å². The van der Waals surface area contributed by atoms with Crippen LogP contribution in [0.3, 0.4) is 0 Å². The van der Waals surface area contributed by atoms with Crippen LogP contribution in [0, 0.1) is 34.5 Å². The van der Waals surface area contributed by atoms with Crippen molar-refractivity contribution in [3.8, 4) is 0 Å². The zero-order valence-corrected chi connectivity index (χ0v) is 19.2. The van der Waals surface area contributed by atoms with Crippen molar-refractivity contribution in [1.82, 2.24) is 9.80 Å². The molecule has 1 N–H and O–H groups in total. The molecule has 4 aliphatic carbocycles. The number of rotatable bonds is 4. The number of fused-ring (bicyclic) bond motifs is 5. The lowest BCUT2D eigenvalue weighted by molar-refractivity contribution is -0.0892. The molecule has 4 aliphatic rings. The summed E-state index contributed by atoms with van der Waals surface area (Å²) >= 11 is 0. The lowest BCUT2D eigenvalue weighted by Gasteiger charge is -2.59. The Morgan fingerprint density at radius 3 is 2.46 bits per heavy atom. The molecule has 160 valence electrons. The number of hydrogen-bond donors (Lipinski definition) is 1. The summed E-state index contributed by atoms with van der Waals surface area (Å²) in [5, 5.41) is 10.7. The number of hydrogen-bond acceptors (Lipinski definition) is 3. The van der Waals surface area contributed by atoms with Crippen LogP contribution in [0.1, 0.15) is 65.2 Å². The first-order valence-corrected chi connectivity index (χ1v) is 11.9. The largest absolute Gasteiger partial charge is 0.396 e. The van der Waals surface area contributed by atoms with Gasteiger partial charge in [0.15, 0.2) is 0 Å². The second-order valence-electron chi connectivity index (χ2n) is 11.4. The van der Waals surface area contributed by atoms with E-state index in [1.54, 1.807) is 5.57 Å². The standard InChI is InChI=1S/C25H44N2O/c1-17(26(3)4)21-9-10-23-20-8-7-18-15-19(27(5)6)11-13-24(18,2)22(20)12-14-25(21,23)16-28/h7,17,19-23,28H,8-16H2,1-6H3. The van der Waals surface area contributed by atoms with E-state index in [1.807, 2.05) is 0 Å². The third kappa shape index (κ3) is 2.94. The van der Waals surface area contributed by atoms with Crippen LogP contribution in [0.15, 0.2) is 11.6 Å². The molecule has 0 saturated heterocycles. The third-order valence-electron chi connectivity index (χ3n) is 10.3. The fourth-order valence-electron chi connectivity index (χ4n) is 8.33. The van der Waals surface area contributed by atoms with Crippen molar-refractivity contribution in [3.63, 3.8) is 0 Å². The molecule has 0 bridgehead atoms. The Labute approximate surface area is 173 Å². The van der Waals surface area contributed by atoms with Gasteiger partial charge in [0.2, 0.25) is 0 Å². The van der Waals surface area contributed by atoms with Gasteiger partial charge in [-0.25, -0.2) is 0 Å². The first kappa shape index (κ1) is 20.9. The van der Waals surface area contributed by atoms with E-state index in [4.69, 9.17) is 0 Å². The molecule has 8 unspecified atom stereocenters. The molecule has 8 atom stereocenters. The number of allylic oxidation sites excluding steroid dienone is 1. The molecular weight excluding hydrogens is 344 g/mol. The van der Waals surface area contributed by atoms with Gasteiger partial charge in [0, 0.05) is 24.1 Å². The van der Waals surface area contributed by atoms with E-state index in [9.17, 15) is 5.11 Å². The smallest absolute Gasteiger partial charge is 0.0493 e. The van der Waals surface area contributed by atoms with Crippen LogP contribution in [0.4, 0.5) is 0 Å². The van der Waals surface area contributed by atoms with Crippen LogP contribution in [0.2, 0.25) is 0 Å². The fraction of sp³-hybridized carbons (Fsp3) is 0.920. The summed E-state index contributed by atoms with van der Waals surface area (Å²) in [7, 11) is 8.93. The highest BCUT2D eigenvalue weighted by Gasteiger charge is 2.61. The molecule has 0 heterocycles. The van der Waals surface area contributed by atoms with Crippen molar-refractivity contribution >= 4 is 0 Å². The van der Waals surface area contributed by atoms with Gasteiger partial charge in [-0.2, -0.15) is 0 Å². The Balaban J connectivity index is 1.62. The Bertz CT molecular complexity index is 614. The summed E-state index contributed by atoms with van der Waals surface area (Å²) in [5.41, 5.74) is 2.36. The predicted molar refractivity (Wildman–Crippen MR) is 117 cm³/mol. The summed E-state index contributed by atoms with van der Waals surface area (Å²) in [6.07, 6.45) is 13.1. The monoisotopic (exact) mass is 388 g/mol. The molecule has 0 aromatic carbocycles. The Kier molecular flexibility index (Phi) is 5.51. The van der Waals surface area contributed by atoms with E-state index in [0.717, 1.165) is 23.8 Å². The molecule has 0 aromatic rings. The van der Waals surface area contributed by atoms with Gasteiger partial charge in [-0.15, -0.1) is 0 Å². The van der Waals surface area contributed by atoms with Crippen LogP contribution in [-0.2, 0) is 0 Å². The first-order valence-electron chi connectivity index (χ1n) is 11.9. The van der Waals surface area contributed by atoms with Gasteiger partial charge in [0.25, 0.3) is 0 Å². The minimum absolute atomic E-state index is 0.174. The van der Waals surface area contributed by atoms with Crippen LogP contribution in [-0.4, -0.2) is 61.8 Å². The second-order valence-corrected chi connectivity index (χ2v) is 11.4. The Morgan fingerprint density at radius 2 is 1.82 bits per heavy atom. The summed E-state index contributed by atoms with van der Waals surface area (Å²) in [6.45, 7) is 5.39. The molecule has 3 nitrogen and oxygen atoms in total.